The van der Waals surface area contributed by atoms with E-state index in [0.29, 0.717) is 22.2 Å². The van der Waals surface area contributed by atoms with E-state index in [2.05, 4.69) is 20.6 Å². The summed E-state index contributed by atoms with van der Waals surface area (Å²) in [6, 6.07) is 24.5. The molecule has 0 aliphatic rings. The van der Waals surface area contributed by atoms with Crippen LogP contribution in [0.1, 0.15) is 21.7 Å². The molecule has 1 heterocycles. The molecule has 31 heavy (non-hydrogen) atoms. The number of anilines is 3. The second kappa shape index (κ2) is 8.98. The van der Waals surface area contributed by atoms with Crippen LogP contribution in [0.15, 0.2) is 78.9 Å². The number of amides is 1. The van der Waals surface area contributed by atoms with Gasteiger partial charge in [-0.2, -0.15) is 0 Å². The Morgan fingerprint density at radius 3 is 2.45 bits per heavy atom. The van der Waals surface area contributed by atoms with E-state index in [0.717, 1.165) is 28.2 Å². The van der Waals surface area contributed by atoms with Crippen LogP contribution >= 0.6 is 11.6 Å². The summed E-state index contributed by atoms with van der Waals surface area (Å²) < 4.78 is 0. The van der Waals surface area contributed by atoms with Crippen LogP contribution in [-0.2, 0) is 0 Å². The van der Waals surface area contributed by atoms with Gasteiger partial charge in [0.25, 0.3) is 5.91 Å². The molecule has 0 saturated heterocycles. The van der Waals surface area contributed by atoms with Crippen LogP contribution in [-0.4, -0.2) is 15.9 Å². The molecule has 0 radical (unpaired) electrons. The summed E-state index contributed by atoms with van der Waals surface area (Å²) in [4.78, 5) is 21.8. The monoisotopic (exact) mass is 428 g/mol. The molecule has 0 bridgehead atoms. The Morgan fingerprint density at radius 2 is 1.68 bits per heavy atom. The highest BCUT2D eigenvalue weighted by Gasteiger charge is 2.10. The molecule has 154 valence electrons. The van der Waals surface area contributed by atoms with Crippen molar-refractivity contribution < 1.29 is 4.79 Å². The fourth-order valence-electron chi connectivity index (χ4n) is 3.24. The van der Waals surface area contributed by atoms with Crippen LogP contribution < -0.4 is 10.6 Å². The topological polar surface area (TPSA) is 66.9 Å². The van der Waals surface area contributed by atoms with Crippen molar-refractivity contribution in [3.05, 3.63) is 101 Å². The van der Waals surface area contributed by atoms with Gasteiger partial charge in [-0.3, -0.25) is 4.79 Å². The van der Waals surface area contributed by atoms with E-state index in [1.165, 1.54) is 0 Å². The maximum atomic E-state index is 12.8. The van der Waals surface area contributed by atoms with Crippen LogP contribution in [0, 0.1) is 13.8 Å². The number of nitrogens with one attached hydrogen (secondary N) is 2. The number of halogens is 1. The first kappa shape index (κ1) is 20.6. The van der Waals surface area contributed by atoms with Crippen molar-refractivity contribution in [2.45, 2.75) is 13.8 Å². The largest absolute Gasteiger partial charge is 0.340 e. The van der Waals surface area contributed by atoms with Gasteiger partial charge in [-0.1, -0.05) is 48.0 Å². The number of rotatable bonds is 5. The van der Waals surface area contributed by atoms with Gasteiger partial charge in [0.2, 0.25) is 0 Å². The highest BCUT2D eigenvalue weighted by atomic mass is 35.5. The Kier molecular flexibility index (Phi) is 5.96. The molecule has 5 nitrogen and oxygen atoms in total. The minimum Gasteiger partial charge on any atom is -0.340 e. The molecule has 6 heteroatoms. The highest BCUT2D eigenvalue weighted by molar-refractivity contribution is 6.30. The Bertz CT molecular complexity index is 1240. The average molecular weight is 429 g/mol. The number of carbonyl (C=O) groups is 1. The molecule has 0 saturated carbocycles. The number of benzene rings is 3. The molecule has 1 aromatic heterocycles. The van der Waals surface area contributed by atoms with Crippen molar-refractivity contribution in [2.24, 2.45) is 0 Å². The van der Waals surface area contributed by atoms with Crippen molar-refractivity contribution in [2.75, 3.05) is 10.6 Å². The van der Waals surface area contributed by atoms with Gasteiger partial charge in [-0.15, -0.1) is 0 Å². The maximum Gasteiger partial charge on any atom is 0.255 e. The van der Waals surface area contributed by atoms with E-state index in [-0.39, 0.29) is 5.91 Å². The molecule has 4 rings (SSSR count). The predicted molar refractivity (Wildman–Crippen MR) is 126 cm³/mol. The molecule has 0 aliphatic heterocycles. The van der Waals surface area contributed by atoms with Crippen molar-refractivity contribution in [1.82, 2.24) is 9.97 Å². The zero-order valence-corrected chi connectivity index (χ0v) is 17.9. The van der Waals surface area contributed by atoms with E-state index in [9.17, 15) is 4.79 Å². The smallest absolute Gasteiger partial charge is 0.255 e. The number of nitrogens with zero attached hydrogens (tertiary/aromatic N) is 2. The third-order valence-electron chi connectivity index (χ3n) is 4.74. The lowest BCUT2D eigenvalue weighted by atomic mass is 10.1. The summed E-state index contributed by atoms with van der Waals surface area (Å²) in [5.74, 6) is 1.13. The first-order chi connectivity index (χ1) is 15.0. The van der Waals surface area contributed by atoms with Gasteiger partial charge < -0.3 is 10.6 Å². The molecule has 0 aliphatic carbocycles. The van der Waals surface area contributed by atoms with Crippen molar-refractivity contribution in [1.29, 1.82) is 0 Å². The number of hydrogen-bond acceptors (Lipinski definition) is 4. The van der Waals surface area contributed by atoms with Gasteiger partial charge in [0, 0.05) is 33.6 Å². The van der Waals surface area contributed by atoms with E-state index >= 15 is 0 Å². The summed E-state index contributed by atoms with van der Waals surface area (Å²) >= 11 is 6.00. The van der Waals surface area contributed by atoms with Crippen LogP contribution in [0.2, 0.25) is 5.02 Å². The Labute approximate surface area is 186 Å². The molecule has 4 aromatic rings. The fourth-order valence-corrected chi connectivity index (χ4v) is 3.46. The van der Waals surface area contributed by atoms with Gasteiger partial charge in [-0.05, 0) is 55.8 Å². The first-order valence-corrected chi connectivity index (χ1v) is 10.2. The molecule has 3 aromatic carbocycles. The number of hydrogen-bond donors (Lipinski definition) is 2. The fraction of sp³-hybridized carbons (Fsp3) is 0.0800. The minimum atomic E-state index is -0.196. The van der Waals surface area contributed by atoms with Crippen LogP contribution in [0.25, 0.3) is 11.3 Å². The van der Waals surface area contributed by atoms with E-state index < -0.39 is 0 Å². The minimum absolute atomic E-state index is 0.196. The molecule has 0 unspecified atom stereocenters. The first-order valence-electron chi connectivity index (χ1n) is 9.83. The molecule has 2 N–H and O–H groups in total. The summed E-state index contributed by atoms with van der Waals surface area (Å²) in [6.07, 6.45) is 0. The lowest BCUT2D eigenvalue weighted by Gasteiger charge is -2.11. The van der Waals surface area contributed by atoms with Gasteiger partial charge in [0.15, 0.2) is 0 Å². The molecule has 0 spiro atoms. The van der Waals surface area contributed by atoms with E-state index in [1.54, 1.807) is 24.3 Å². The summed E-state index contributed by atoms with van der Waals surface area (Å²) in [6.45, 7) is 3.76. The van der Waals surface area contributed by atoms with Crippen LogP contribution in [0.3, 0.4) is 0 Å². The van der Waals surface area contributed by atoms with E-state index in [4.69, 9.17) is 11.6 Å². The van der Waals surface area contributed by atoms with Crippen molar-refractivity contribution in [3.8, 4) is 11.3 Å². The second-order valence-corrected chi connectivity index (χ2v) is 7.61. The Hall–Kier alpha value is -3.70. The van der Waals surface area contributed by atoms with Gasteiger partial charge >= 0.3 is 0 Å². The van der Waals surface area contributed by atoms with Crippen LogP contribution in [0.5, 0.6) is 0 Å². The van der Waals surface area contributed by atoms with Crippen molar-refractivity contribution >= 4 is 34.7 Å². The highest BCUT2D eigenvalue weighted by Crippen LogP contribution is 2.24. The van der Waals surface area contributed by atoms with Gasteiger partial charge in [0.05, 0.1) is 5.69 Å². The summed E-state index contributed by atoms with van der Waals surface area (Å²) in [5, 5.41) is 6.85. The third-order valence-corrected chi connectivity index (χ3v) is 4.98. The molecule has 0 atom stereocenters. The van der Waals surface area contributed by atoms with Gasteiger partial charge in [0.1, 0.15) is 11.6 Å². The standard InChI is InChI=1S/C25H21ClN4O/c1-16-13-20(26)11-12-22(16)30-25(31)19-9-6-10-21(14-19)29-24-15-23(27-17(2)28-24)18-7-4-3-5-8-18/h3-15H,1-2H3,(H,30,31)(H,27,28,29). The molecule has 0 fully saturated rings. The summed E-state index contributed by atoms with van der Waals surface area (Å²) in [5.41, 5.74) is 4.78. The zero-order valence-electron chi connectivity index (χ0n) is 17.2. The predicted octanol–water partition coefficient (Wildman–Crippen LogP) is 6.41. The molecular formula is C25H21ClN4O. The quantitative estimate of drug-likeness (QED) is 0.385. The number of carbonyl (C=O) groups excluding carboxylic acids is 1. The lowest BCUT2D eigenvalue weighted by molar-refractivity contribution is 0.102. The normalized spacial score (nSPS) is 10.5. The second-order valence-electron chi connectivity index (χ2n) is 7.17. The van der Waals surface area contributed by atoms with E-state index in [1.807, 2.05) is 68.4 Å². The molecular weight excluding hydrogens is 408 g/mol. The zero-order chi connectivity index (χ0) is 21.8. The lowest BCUT2D eigenvalue weighted by Crippen LogP contribution is -2.13. The number of aryl methyl sites for hydroxylation is 2. The Morgan fingerprint density at radius 1 is 0.871 bits per heavy atom. The summed E-state index contributed by atoms with van der Waals surface area (Å²) in [7, 11) is 0. The van der Waals surface area contributed by atoms with Crippen LogP contribution in [0.4, 0.5) is 17.2 Å². The number of aromatic nitrogens is 2. The average Bonchev–Trinajstić information content (AvgIpc) is 2.76. The van der Waals surface area contributed by atoms with Crippen molar-refractivity contribution in [3.63, 3.8) is 0 Å². The SMILES string of the molecule is Cc1nc(Nc2cccc(C(=O)Nc3ccc(Cl)cc3C)c2)cc(-c2ccccc2)n1. The molecule has 1 amide bonds. The maximum absolute atomic E-state index is 12.8. The Balaban J connectivity index is 1.55. The van der Waals surface area contributed by atoms with Gasteiger partial charge in [-0.25, -0.2) is 9.97 Å². The third kappa shape index (κ3) is 5.08.